The minimum atomic E-state index is -0.566. The predicted octanol–water partition coefficient (Wildman–Crippen LogP) is 1.35. The van der Waals surface area contributed by atoms with Gasteiger partial charge in [0, 0.05) is 30.8 Å². The van der Waals surface area contributed by atoms with Crippen molar-refractivity contribution in [2.45, 2.75) is 13.3 Å². The zero-order valence-corrected chi connectivity index (χ0v) is 11.5. The second kappa shape index (κ2) is 7.44. The van der Waals surface area contributed by atoms with Crippen molar-refractivity contribution in [3.8, 4) is 5.75 Å². The molecule has 1 aromatic carbocycles. The molecular weight excluding hydrogens is 264 g/mol. The summed E-state index contributed by atoms with van der Waals surface area (Å²) in [6.45, 7) is 2.41. The molecule has 7 nitrogen and oxygen atoms in total. The number of rotatable bonds is 7. The number of aliphatic hydroxyl groups excluding tert-OH is 1. The molecule has 1 rings (SSSR count). The van der Waals surface area contributed by atoms with E-state index in [-0.39, 0.29) is 29.9 Å². The summed E-state index contributed by atoms with van der Waals surface area (Å²) in [4.78, 5) is 22.1. The third-order valence-electron chi connectivity index (χ3n) is 2.87. The summed E-state index contributed by atoms with van der Waals surface area (Å²) in [6.07, 6.45) is 0.601. The first-order valence-corrected chi connectivity index (χ1v) is 6.21. The summed E-state index contributed by atoms with van der Waals surface area (Å²) >= 11 is 0. The van der Waals surface area contributed by atoms with Gasteiger partial charge in [-0.15, -0.1) is 0 Å². The van der Waals surface area contributed by atoms with E-state index in [1.165, 1.54) is 25.3 Å². The molecule has 0 aliphatic rings. The predicted molar refractivity (Wildman–Crippen MR) is 72.8 cm³/mol. The fraction of sp³-hybridized carbons (Fsp3) is 0.462. The highest BCUT2D eigenvalue weighted by molar-refractivity contribution is 5.95. The maximum absolute atomic E-state index is 11.9. The average Bonchev–Trinajstić information content (AvgIpc) is 2.44. The van der Waals surface area contributed by atoms with Gasteiger partial charge in [0.2, 0.25) is 0 Å². The quantitative estimate of drug-likeness (QED) is 0.580. The SMILES string of the molecule is COc1cc(C(=O)NCC(C)CCO)ccc1[N+](=O)[O-]. The molecule has 0 fully saturated rings. The summed E-state index contributed by atoms with van der Waals surface area (Å²) in [6, 6.07) is 3.96. The van der Waals surface area contributed by atoms with E-state index >= 15 is 0 Å². The molecule has 0 spiro atoms. The number of nitrogens with one attached hydrogen (secondary N) is 1. The van der Waals surface area contributed by atoms with Crippen LogP contribution in [0.3, 0.4) is 0 Å². The molecule has 7 heteroatoms. The van der Waals surface area contributed by atoms with Gasteiger partial charge in [0.1, 0.15) is 0 Å². The van der Waals surface area contributed by atoms with Crippen molar-refractivity contribution < 1.29 is 19.6 Å². The Balaban J connectivity index is 2.76. The van der Waals surface area contributed by atoms with E-state index in [0.29, 0.717) is 18.5 Å². The van der Waals surface area contributed by atoms with E-state index in [1.807, 2.05) is 6.92 Å². The van der Waals surface area contributed by atoms with Gasteiger partial charge >= 0.3 is 5.69 Å². The van der Waals surface area contributed by atoms with Gasteiger partial charge in [-0.3, -0.25) is 14.9 Å². The first-order valence-electron chi connectivity index (χ1n) is 6.21. The molecule has 0 saturated carbocycles. The lowest BCUT2D eigenvalue weighted by molar-refractivity contribution is -0.385. The Morgan fingerprint density at radius 2 is 2.25 bits per heavy atom. The number of hydrogen-bond donors (Lipinski definition) is 2. The molecule has 0 aromatic heterocycles. The lowest BCUT2D eigenvalue weighted by Crippen LogP contribution is -2.28. The average molecular weight is 282 g/mol. The van der Waals surface area contributed by atoms with Crippen LogP contribution in [0.4, 0.5) is 5.69 Å². The Labute approximate surface area is 116 Å². The van der Waals surface area contributed by atoms with Gasteiger partial charge in [-0.2, -0.15) is 0 Å². The van der Waals surface area contributed by atoms with Crippen LogP contribution < -0.4 is 10.1 Å². The number of ether oxygens (including phenoxy) is 1. The van der Waals surface area contributed by atoms with Crippen molar-refractivity contribution >= 4 is 11.6 Å². The van der Waals surface area contributed by atoms with E-state index in [1.54, 1.807) is 0 Å². The van der Waals surface area contributed by atoms with E-state index in [0.717, 1.165) is 0 Å². The summed E-state index contributed by atoms with van der Waals surface area (Å²) < 4.78 is 4.91. The lowest BCUT2D eigenvalue weighted by atomic mass is 10.1. The summed E-state index contributed by atoms with van der Waals surface area (Å²) in [5.41, 5.74) is 0.112. The van der Waals surface area contributed by atoms with Crippen molar-refractivity contribution in [2.75, 3.05) is 20.3 Å². The Hall–Kier alpha value is -2.15. The minimum Gasteiger partial charge on any atom is -0.490 e. The van der Waals surface area contributed by atoms with Gasteiger partial charge < -0.3 is 15.2 Å². The van der Waals surface area contributed by atoms with Gasteiger partial charge in [-0.25, -0.2) is 0 Å². The largest absolute Gasteiger partial charge is 0.490 e. The van der Waals surface area contributed by atoms with Gasteiger partial charge in [0.05, 0.1) is 12.0 Å². The van der Waals surface area contributed by atoms with Crippen LogP contribution in [-0.2, 0) is 0 Å². The van der Waals surface area contributed by atoms with Crippen LogP contribution in [0.5, 0.6) is 5.75 Å². The number of amides is 1. The molecule has 0 bridgehead atoms. The number of nitro groups is 1. The Kier molecular flexibility index (Phi) is 5.92. The Morgan fingerprint density at radius 3 is 2.80 bits per heavy atom. The summed E-state index contributed by atoms with van der Waals surface area (Å²) in [7, 11) is 1.31. The monoisotopic (exact) mass is 282 g/mol. The number of nitrogens with zero attached hydrogens (tertiary/aromatic N) is 1. The van der Waals surface area contributed by atoms with Crippen molar-refractivity contribution in [1.29, 1.82) is 0 Å². The molecule has 0 saturated heterocycles. The third kappa shape index (κ3) is 4.20. The third-order valence-corrected chi connectivity index (χ3v) is 2.87. The molecule has 1 unspecified atom stereocenters. The lowest BCUT2D eigenvalue weighted by Gasteiger charge is -2.11. The van der Waals surface area contributed by atoms with Crippen LogP contribution in [0, 0.1) is 16.0 Å². The molecule has 1 atom stereocenters. The molecule has 1 aromatic rings. The topological polar surface area (TPSA) is 102 Å². The summed E-state index contributed by atoms with van der Waals surface area (Å²) in [5.74, 6) is -0.127. The van der Waals surface area contributed by atoms with Crippen LogP contribution in [0.2, 0.25) is 0 Å². The second-order valence-corrected chi connectivity index (χ2v) is 4.47. The fourth-order valence-corrected chi connectivity index (χ4v) is 1.66. The number of benzene rings is 1. The number of carbonyl (C=O) groups excluding carboxylic acids is 1. The van der Waals surface area contributed by atoms with E-state index < -0.39 is 4.92 Å². The van der Waals surface area contributed by atoms with Crippen LogP contribution in [-0.4, -0.2) is 36.2 Å². The number of hydrogen-bond acceptors (Lipinski definition) is 5. The molecule has 1 amide bonds. The molecule has 20 heavy (non-hydrogen) atoms. The number of aliphatic hydroxyl groups is 1. The van der Waals surface area contributed by atoms with Crippen molar-refractivity contribution in [3.05, 3.63) is 33.9 Å². The number of methoxy groups -OCH3 is 1. The summed E-state index contributed by atoms with van der Waals surface area (Å²) in [5, 5.41) is 22.2. The zero-order valence-electron chi connectivity index (χ0n) is 11.5. The zero-order chi connectivity index (χ0) is 15.1. The molecule has 0 heterocycles. The van der Waals surface area contributed by atoms with Crippen molar-refractivity contribution in [3.63, 3.8) is 0 Å². The molecule has 0 aliphatic carbocycles. The second-order valence-electron chi connectivity index (χ2n) is 4.47. The highest BCUT2D eigenvalue weighted by Gasteiger charge is 2.17. The normalized spacial score (nSPS) is 11.8. The van der Waals surface area contributed by atoms with Crippen LogP contribution >= 0.6 is 0 Å². The smallest absolute Gasteiger partial charge is 0.310 e. The van der Waals surface area contributed by atoms with Gasteiger partial charge in [-0.1, -0.05) is 6.92 Å². The standard InChI is InChI=1S/C13H18N2O5/c1-9(5-6-16)8-14-13(17)10-3-4-11(15(18)19)12(7-10)20-2/h3-4,7,9,16H,5-6,8H2,1-2H3,(H,14,17). The van der Waals surface area contributed by atoms with E-state index in [4.69, 9.17) is 9.84 Å². The number of carbonyl (C=O) groups is 1. The van der Waals surface area contributed by atoms with Crippen molar-refractivity contribution in [2.24, 2.45) is 5.92 Å². The van der Waals surface area contributed by atoms with Gasteiger partial charge in [0.15, 0.2) is 5.75 Å². The van der Waals surface area contributed by atoms with Crippen LogP contribution in [0.25, 0.3) is 0 Å². The fourth-order valence-electron chi connectivity index (χ4n) is 1.66. The number of nitro benzene ring substituents is 1. The van der Waals surface area contributed by atoms with E-state index in [2.05, 4.69) is 5.32 Å². The molecule has 110 valence electrons. The first kappa shape index (κ1) is 15.9. The minimum absolute atomic E-state index is 0.0473. The molecule has 0 aliphatic heterocycles. The molecule has 0 radical (unpaired) electrons. The first-order chi connectivity index (χ1) is 9.49. The van der Waals surface area contributed by atoms with Crippen molar-refractivity contribution in [1.82, 2.24) is 5.32 Å². The maximum Gasteiger partial charge on any atom is 0.310 e. The van der Waals surface area contributed by atoms with Gasteiger partial charge in [0.25, 0.3) is 5.91 Å². The van der Waals surface area contributed by atoms with Crippen LogP contribution in [0.15, 0.2) is 18.2 Å². The van der Waals surface area contributed by atoms with Crippen LogP contribution in [0.1, 0.15) is 23.7 Å². The van der Waals surface area contributed by atoms with E-state index in [9.17, 15) is 14.9 Å². The molecule has 2 N–H and O–H groups in total. The Morgan fingerprint density at radius 1 is 1.55 bits per heavy atom. The highest BCUT2D eigenvalue weighted by Crippen LogP contribution is 2.27. The highest BCUT2D eigenvalue weighted by atomic mass is 16.6. The molecular formula is C13H18N2O5. The maximum atomic E-state index is 11.9. The Bertz CT molecular complexity index is 490. The van der Waals surface area contributed by atoms with Gasteiger partial charge in [-0.05, 0) is 18.4 Å².